The van der Waals surface area contributed by atoms with E-state index in [1.165, 1.54) is 0 Å². The molecule has 0 spiro atoms. The number of carbonyl (C=O) groups is 3. The van der Waals surface area contributed by atoms with Gasteiger partial charge in [0.05, 0.1) is 4.92 Å². The van der Waals surface area contributed by atoms with Crippen LogP contribution in [0.4, 0.5) is 10.5 Å². The third-order valence-corrected chi connectivity index (χ3v) is 2.54. The SMILES string of the molecule is O=C1NC(=O)C(=Cc2cc(O)c(O)c([N+](=O)[O-])c2)C(=O)N1. The summed E-state index contributed by atoms with van der Waals surface area (Å²) >= 11 is 0. The van der Waals surface area contributed by atoms with Crippen LogP contribution in [-0.4, -0.2) is 33.0 Å². The molecule has 21 heavy (non-hydrogen) atoms. The van der Waals surface area contributed by atoms with Crippen LogP contribution in [0.5, 0.6) is 11.5 Å². The van der Waals surface area contributed by atoms with E-state index < -0.39 is 45.5 Å². The van der Waals surface area contributed by atoms with Gasteiger partial charge in [0.25, 0.3) is 11.8 Å². The van der Waals surface area contributed by atoms with Crippen LogP contribution in [0.2, 0.25) is 0 Å². The third-order valence-electron chi connectivity index (χ3n) is 2.54. The summed E-state index contributed by atoms with van der Waals surface area (Å²) in [5.41, 5.74) is -1.35. The first-order chi connectivity index (χ1) is 9.79. The maximum absolute atomic E-state index is 11.5. The monoisotopic (exact) mass is 293 g/mol. The second-order valence-corrected chi connectivity index (χ2v) is 3.96. The first-order valence-electron chi connectivity index (χ1n) is 5.38. The van der Waals surface area contributed by atoms with Gasteiger partial charge >= 0.3 is 11.7 Å². The Balaban J connectivity index is 2.50. The standard InChI is InChI=1S/C11H7N3O7/c15-7-3-4(2-6(8(7)16)14(20)21)1-5-9(17)12-11(19)13-10(5)18/h1-3,15-16H,(H2,12,13,17,18,19). The summed E-state index contributed by atoms with van der Waals surface area (Å²) in [7, 11) is 0. The second-order valence-electron chi connectivity index (χ2n) is 3.96. The number of urea groups is 1. The number of amides is 4. The van der Waals surface area contributed by atoms with E-state index in [2.05, 4.69) is 0 Å². The Morgan fingerprint density at radius 1 is 1.10 bits per heavy atom. The minimum atomic E-state index is -0.987. The number of phenolic OH excluding ortho intramolecular Hbond substituents is 2. The minimum Gasteiger partial charge on any atom is -0.504 e. The van der Waals surface area contributed by atoms with Gasteiger partial charge in [-0.3, -0.25) is 30.3 Å². The maximum atomic E-state index is 11.5. The number of aromatic hydroxyl groups is 2. The Labute approximate surface area is 115 Å². The van der Waals surface area contributed by atoms with Gasteiger partial charge < -0.3 is 10.2 Å². The highest BCUT2D eigenvalue weighted by molar-refractivity contribution is 6.31. The average Bonchev–Trinajstić information content (AvgIpc) is 2.37. The molecule has 10 heteroatoms. The van der Waals surface area contributed by atoms with Gasteiger partial charge in [-0.25, -0.2) is 4.79 Å². The van der Waals surface area contributed by atoms with E-state index >= 15 is 0 Å². The van der Waals surface area contributed by atoms with Crippen molar-refractivity contribution in [2.45, 2.75) is 0 Å². The van der Waals surface area contributed by atoms with E-state index in [-0.39, 0.29) is 5.56 Å². The van der Waals surface area contributed by atoms with Crippen molar-refractivity contribution in [3.8, 4) is 11.5 Å². The van der Waals surface area contributed by atoms with Gasteiger partial charge in [-0.05, 0) is 17.7 Å². The molecule has 0 aromatic heterocycles. The number of nitro benzene ring substituents is 1. The molecular formula is C11H7N3O7. The predicted octanol–water partition coefficient (Wildman–Crippen LogP) is -0.245. The van der Waals surface area contributed by atoms with Crippen molar-refractivity contribution in [2.24, 2.45) is 0 Å². The van der Waals surface area contributed by atoms with Crippen LogP contribution < -0.4 is 10.6 Å². The number of nitrogens with zero attached hydrogens (tertiary/aromatic N) is 1. The Morgan fingerprint density at radius 2 is 1.67 bits per heavy atom. The lowest BCUT2D eigenvalue weighted by Gasteiger charge is -2.13. The lowest BCUT2D eigenvalue weighted by Crippen LogP contribution is -2.51. The normalized spacial score (nSPS) is 14.5. The molecule has 0 atom stereocenters. The van der Waals surface area contributed by atoms with Crippen LogP contribution in [0, 0.1) is 10.1 Å². The first kappa shape index (κ1) is 14.0. The summed E-state index contributed by atoms with van der Waals surface area (Å²) < 4.78 is 0. The molecule has 108 valence electrons. The van der Waals surface area contributed by atoms with Crippen molar-refractivity contribution in [2.75, 3.05) is 0 Å². The quantitative estimate of drug-likeness (QED) is 0.192. The van der Waals surface area contributed by atoms with Gasteiger partial charge in [0, 0.05) is 6.07 Å². The second kappa shape index (κ2) is 4.92. The zero-order chi connectivity index (χ0) is 15.7. The van der Waals surface area contributed by atoms with Crippen molar-refractivity contribution >= 4 is 29.6 Å². The molecule has 1 fully saturated rings. The van der Waals surface area contributed by atoms with Crippen LogP contribution in [0.3, 0.4) is 0 Å². The Kier molecular flexibility index (Phi) is 3.28. The average molecular weight is 293 g/mol. The van der Waals surface area contributed by atoms with Crippen molar-refractivity contribution in [3.63, 3.8) is 0 Å². The Morgan fingerprint density at radius 3 is 2.19 bits per heavy atom. The van der Waals surface area contributed by atoms with Crippen LogP contribution in [0.25, 0.3) is 6.08 Å². The molecule has 4 amide bonds. The molecule has 4 N–H and O–H groups in total. The molecule has 0 unspecified atom stereocenters. The zero-order valence-electron chi connectivity index (χ0n) is 10.1. The molecule has 1 aliphatic heterocycles. The van der Waals surface area contributed by atoms with Gasteiger partial charge in [0.15, 0.2) is 5.75 Å². The van der Waals surface area contributed by atoms with Crippen LogP contribution in [0.15, 0.2) is 17.7 Å². The van der Waals surface area contributed by atoms with Gasteiger partial charge in [-0.15, -0.1) is 0 Å². The van der Waals surface area contributed by atoms with Crippen LogP contribution >= 0.6 is 0 Å². The number of hydrogen-bond acceptors (Lipinski definition) is 7. The first-order valence-corrected chi connectivity index (χ1v) is 5.38. The fourth-order valence-electron chi connectivity index (χ4n) is 1.62. The highest BCUT2D eigenvalue weighted by Crippen LogP contribution is 2.36. The smallest absolute Gasteiger partial charge is 0.328 e. The van der Waals surface area contributed by atoms with E-state index in [9.17, 15) is 34.7 Å². The van der Waals surface area contributed by atoms with Crippen LogP contribution in [0.1, 0.15) is 5.56 Å². The molecule has 0 saturated carbocycles. The summed E-state index contributed by atoms with van der Waals surface area (Å²) in [6, 6.07) is 0.799. The van der Waals surface area contributed by atoms with E-state index in [0.717, 1.165) is 18.2 Å². The number of hydrogen-bond donors (Lipinski definition) is 4. The van der Waals surface area contributed by atoms with Crippen molar-refractivity contribution in [3.05, 3.63) is 33.4 Å². The number of nitro groups is 1. The molecule has 1 saturated heterocycles. The molecular weight excluding hydrogens is 286 g/mol. The third kappa shape index (κ3) is 2.63. The summed E-state index contributed by atoms with van der Waals surface area (Å²) in [5, 5.41) is 33.1. The molecule has 1 heterocycles. The molecule has 0 bridgehead atoms. The molecule has 0 radical (unpaired) electrons. The Bertz CT molecular complexity index is 701. The number of nitrogens with one attached hydrogen (secondary N) is 2. The highest BCUT2D eigenvalue weighted by Gasteiger charge is 2.28. The highest BCUT2D eigenvalue weighted by atomic mass is 16.6. The lowest BCUT2D eigenvalue weighted by atomic mass is 10.1. The number of benzene rings is 1. The number of carbonyl (C=O) groups excluding carboxylic acids is 3. The summed E-state index contributed by atoms with van der Waals surface area (Å²) in [6.07, 6.45) is 0.934. The molecule has 1 aromatic carbocycles. The van der Waals surface area contributed by atoms with E-state index in [4.69, 9.17) is 0 Å². The van der Waals surface area contributed by atoms with Crippen molar-refractivity contribution in [1.82, 2.24) is 10.6 Å². The maximum Gasteiger partial charge on any atom is 0.328 e. The number of imide groups is 2. The topological polar surface area (TPSA) is 159 Å². The van der Waals surface area contributed by atoms with Crippen molar-refractivity contribution < 1.29 is 29.5 Å². The molecule has 1 aromatic rings. The molecule has 2 rings (SSSR count). The van der Waals surface area contributed by atoms with E-state index in [1.54, 1.807) is 0 Å². The van der Waals surface area contributed by atoms with E-state index in [0.29, 0.717) is 0 Å². The Hall–Kier alpha value is -3.43. The predicted molar refractivity (Wildman–Crippen MR) is 66.1 cm³/mol. The number of phenols is 2. The van der Waals surface area contributed by atoms with Gasteiger partial charge in [0.2, 0.25) is 5.75 Å². The number of rotatable bonds is 2. The fraction of sp³-hybridized carbons (Fsp3) is 0. The van der Waals surface area contributed by atoms with Gasteiger partial charge in [-0.2, -0.15) is 0 Å². The summed E-state index contributed by atoms with van der Waals surface area (Å²) in [6.45, 7) is 0. The van der Waals surface area contributed by atoms with Gasteiger partial charge in [0.1, 0.15) is 5.57 Å². The van der Waals surface area contributed by atoms with E-state index in [1.807, 2.05) is 10.6 Å². The minimum absolute atomic E-state index is 0.0772. The van der Waals surface area contributed by atoms with Gasteiger partial charge in [-0.1, -0.05) is 0 Å². The largest absolute Gasteiger partial charge is 0.504 e. The number of barbiturate groups is 1. The molecule has 0 aliphatic carbocycles. The zero-order valence-corrected chi connectivity index (χ0v) is 10.1. The van der Waals surface area contributed by atoms with Crippen molar-refractivity contribution in [1.29, 1.82) is 0 Å². The summed E-state index contributed by atoms with van der Waals surface area (Å²) in [5.74, 6) is -3.70. The fourth-order valence-corrected chi connectivity index (χ4v) is 1.62. The van der Waals surface area contributed by atoms with Crippen LogP contribution in [-0.2, 0) is 9.59 Å². The lowest BCUT2D eigenvalue weighted by molar-refractivity contribution is -0.386. The summed E-state index contributed by atoms with van der Waals surface area (Å²) in [4.78, 5) is 43.6. The molecule has 10 nitrogen and oxygen atoms in total. The molecule has 1 aliphatic rings.